The van der Waals surface area contributed by atoms with E-state index >= 15 is 4.39 Å². The van der Waals surface area contributed by atoms with Crippen LogP contribution in [0.4, 0.5) is 15.9 Å². The molecule has 0 aliphatic carbocycles. The molecule has 0 spiro atoms. The average Bonchev–Trinajstić information content (AvgIpc) is 3.27. The Morgan fingerprint density at radius 2 is 1.78 bits per heavy atom. The molecule has 252 valence electrons. The summed E-state index contributed by atoms with van der Waals surface area (Å²) < 4.78 is 24.2. The molecule has 11 nitrogen and oxygen atoms in total. The maximum Gasteiger partial charge on any atom is 0.282 e. The van der Waals surface area contributed by atoms with E-state index < -0.39 is 11.4 Å². The summed E-state index contributed by atoms with van der Waals surface area (Å²) in [5, 5.41) is 17.7. The molecule has 0 bridgehead atoms. The van der Waals surface area contributed by atoms with E-state index in [2.05, 4.69) is 15.4 Å². The highest BCUT2D eigenvalue weighted by molar-refractivity contribution is 5.94. The number of benzene rings is 2. The standard InChI is InChI=1S/C37H37FN6O5/c1-37(2,3)23-14-22-18-40-44(36(48)33(22)28(38)15-23)30-7-5-6-25-26-16-29(35(47)42(4)31(26)20-49-19-27(25)30)41-32-9-8-21(17-39-32)34(46)43-12-10-24(45)11-13-43/h5-9,14-18,24,45H,10-13,19-20H2,1-4H3,(H,39,41). The number of hydrogen-bond donors (Lipinski definition) is 2. The summed E-state index contributed by atoms with van der Waals surface area (Å²) in [6, 6.07) is 13.7. The van der Waals surface area contributed by atoms with Gasteiger partial charge in [-0.2, -0.15) is 9.78 Å². The van der Waals surface area contributed by atoms with E-state index in [1.165, 1.54) is 27.7 Å². The lowest BCUT2D eigenvalue weighted by molar-refractivity contribution is 0.0546. The molecular weight excluding hydrogens is 627 g/mol. The van der Waals surface area contributed by atoms with Crippen LogP contribution in [0.3, 0.4) is 0 Å². The van der Waals surface area contributed by atoms with Crippen molar-refractivity contribution >= 4 is 28.2 Å². The molecule has 7 rings (SSSR count). The molecule has 12 heteroatoms. The highest BCUT2D eigenvalue weighted by Crippen LogP contribution is 2.35. The summed E-state index contributed by atoms with van der Waals surface area (Å²) in [6.45, 7) is 7.18. The zero-order valence-corrected chi connectivity index (χ0v) is 27.8. The number of halogens is 1. The van der Waals surface area contributed by atoms with E-state index in [-0.39, 0.29) is 47.3 Å². The van der Waals surface area contributed by atoms with Crippen molar-refractivity contribution in [3.05, 3.63) is 110 Å². The molecule has 2 aliphatic rings. The fourth-order valence-electron chi connectivity index (χ4n) is 6.52. The minimum Gasteiger partial charge on any atom is -0.393 e. The number of aromatic nitrogens is 4. The van der Waals surface area contributed by atoms with Gasteiger partial charge in [-0.15, -0.1) is 0 Å². The average molecular weight is 665 g/mol. The maximum atomic E-state index is 15.5. The zero-order chi connectivity index (χ0) is 34.6. The Hall–Kier alpha value is -5.20. The molecule has 5 heterocycles. The molecule has 1 saturated heterocycles. The van der Waals surface area contributed by atoms with Crippen LogP contribution in [0.5, 0.6) is 0 Å². The van der Waals surface area contributed by atoms with E-state index in [1.807, 2.05) is 26.8 Å². The topological polar surface area (TPSA) is 132 Å². The molecular formula is C37H37FN6O5. The van der Waals surface area contributed by atoms with Crippen LogP contribution >= 0.6 is 0 Å². The number of nitrogens with zero attached hydrogens (tertiary/aromatic N) is 5. The molecule has 5 aromatic rings. The first-order chi connectivity index (χ1) is 23.4. The number of anilines is 2. The second kappa shape index (κ2) is 12.4. The van der Waals surface area contributed by atoms with Crippen molar-refractivity contribution < 1.29 is 19.0 Å². The van der Waals surface area contributed by atoms with Gasteiger partial charge in [-0.05, 0) is 65.8 Å². The number of amides is 1. The molecule has 0 unspecified atom stereocenters. The van der Waals surface area contributed by atoms with Gasteiger partial charge in [0.25, 0.3) is 17.0 Å². The van der Waals surface area contributed by atoms with Crippen LogP contribution in [0.25, 0.3) is 27.6 Å². The number of rotatable bonds is 4. The number of aliphatic hydroxyl groups is 1. The number of carbonyl (C=O) groups excluding carboxylic acids is 1. The van der Waals surface area contributed by atoms with Crippen molar-refractivity contribution in [1.82, 2.24) is 24.2 Å². The van der Waals surface area contributed by atoms with Gasteiger partial charge in [0.15, 0.2) is 0 Å². The fraction of sp³-hybridized carbons (Fsp3) is 0.324. The van der Waals surface area contributed by atoms with Crippen LogP contribution in [0, 0.1) is 5.82 Å². The number of pyridine rings is 2. The van der Waals surface area contributed by atoms with Gasteiger partial charge in [-0.3, -0.25) is 14.4 Å². The number of hydrogen-bond acceptors (Lipinski definition) is 8. The van der Waals surface area contributed by atoms with Gasteiger partial charge in [-0.1, -0.05) is 32.9 Å². The van der Waals surface area contributed by atoms with Crippen molar-refractivity contribution in [2.75, 3.05) is 18.4 Å². The maximum absolute atomic E-state index is 15.5. The summed E-state index contributed by atoms with van der Waals surface area (Å²) in [6.07, 6.45) is 3.69. The largest absolute Gasteiger partial charge is 0.393 e. The summed E-state index contributed by atoms with van der Waals surface area (Å²) in [5.74, 6) is -0.378. The van der Waals surface area contributed by atoms with Gasteiger partial charge in [0.1, 0.15) is 17.3 Å². The highest BCUT2D eigenvalue weighted by atomic mass is 19.1. The highest BCUT2D eigenvalue weighted by Gasteiger charge is 2.26. The monoisotopic (exact) mass is 664 g/mol. The van der Waals surface area contributed by atoms with Crippen LogP contribution < -0.4 is 16.4 Å². The van der Waals surface area contributed by atoms with Crippen LogP contribution in [-0.2, 0) is 30.4 Å². The van der Waals surface area contributed by atoms with Crippen molar-refractivity contribution in [3.63, 3.8) is 0 Å². The van der Waals surface area contributed by atoms with Crippen LogP contribution in [0.1, 0.15) is 60.8 Å². The Bertz CT molecular complexity index is 2230. The van der Waals surface area contributed by atoms with Gasteiger partial charge in [0.05, 0.1) is 47.8 Å². The quantitative estimate of drug-likeness (QED) is 0.276. The summed E-state index contributed by atoms with van der Waals surface area (Å²) in [7, 11) is 1.67. The van der Waals surface area contributed by atoms with Crippen LogP contribution in [-0.4, -0.2) is 54.4 Å². The molecule has 0 atom stereocenters. The Labute approximate surface area is 281 Å². The molecule has 49 heavy (non-hydrogen) atoms. The Kier molecular flexibility index (Phi) is 8.16. The number of ether oxygens (including phenoxy) is 1. The zero-order valence-electron chi connectivity index (χ0n) is 27.8. The summed E-state index contributed by atoms with van der Waals surface area (Å²) >= 11 is 0. The molecule has 1 fully saturated rings. The third-order valence-electron chi connectivity index (χ3n) is 9.42. The van der Waals surface area contributed by atoms with Gasteiger partial charge in [0.2, 0.25) is 0 Å². The van der Waals surface area contributed by atoms with E-state index in [9.17, 15) is 19.5 Å². The Morgan fingerprint density at radius 1 is 1.00 bits per heavy atom. The minimum atomic E-state index is -0.602. The molecule has 2 aliphatic heterocycles. The third-order valence-corrected chi connectivity index (χ3v) is 9.42. The molecule has 0 saturated carbocycles. The number of carbonyl (C=O) groups is 1. The molecule has 0 radical (unpaired) electrons. The van der Waals surface area contributed by atoms with Gasteiger partial charge in [0, 0.05) is 42.8 Å². The van der Waals surface area contributed by atoms with E-state index in [4.69, 9.17) is 4.74 Å². The first-order valence-corrected chi connectivity index (χ1v) is 16.3. The lowest BCUT2D eigenvalue weighted by Crippen LogP contribution is -2.40. The van der Waals surface area contributed by atoms with E-state index in [0.29, 0.717) is 65.2 Å². The molecule has 2 aromatic carbocycles. The lowest BCUT2D eigenvalue weighted by Gasteiger charge is -2.29. The predicted molar refractivity (Wildman–Crippen MR) is 184 cm³/mol. The van der Waals surface area contributed by atoms with E-state index in [1.54, 1.807) is 48.3 Å². The molecule has 2 N–H and O–H groups in total. The Morgan fingerprint density at radius 3 is 2.49 bits per heavy atom. The van der Waals surface area contributed by atoms with Crippen LogP contribution in [0.2, 0.25) is 0 Å². The Balaban J connectivity index is 1.25. The second-order valence-corrected chi connectivity index (χ2v) is 13.7. The van der Waals surface area contributed by atoms with E-state index in [0.717, 1.165) is 11.1 Å². The molecule has 1 amide bonds. The smallest absolute Gasteiger partial charge is 0.282 e. The third kappa shape index (κ3) is 5.91. The lowest BCUT2D eigenvalue weighted by atomic mass is 9.86. The predicted octanol–water partition coefficient (Wildman–Crippen LogP) is 4.95. The number of nitrogens with one attached hydrogen (secondary N) is 1. The molecule has 3 aromatic heterocycles. The summed E-state index contributed by atoms with van der Waals surface area (Å²) in [5.41, 5.74) is 3.47. The van der Waals surface area contributed by atoms with Crippen molar-refractivity contribution in [1.29, 1.82) is 0 Å². The van der Waals surface area contributed by atoms with Crippen molar-refractivity contribution in [3.8, 4) is 16.8 Å². The van der Waals surface area contributed by atoms with Crippen LogP contribution in [0.15, 0.2) is 70.5 Å². The number of piperidine rings is 1. The number of aliphatic hydroxyl groups excluding tert-OH is 1. The van der Waals surface area contributed by atoms with Gasteiger partial charge in [-0.25, -0.2) is 9.37 Å². The number of likely N-dealkylation sites (tertiary alicyclic amines) is 1. The second-order valence-electron chi connectivity index (χ2n) is 13.7. The normalized spacial score (nSPS) is 15.1. The number of fused-ring (bicyclic) bond motifs is 4. The van der Waals surface area contributed by atoms with Crippen molar-refractivity contribution in [2.24, 2.45) is 7.05 Å². The van der Waals surface area contributed by atoms with Gasteiger partial charge < -0.3 is 24.6 Å². The van der Waals surface area contributed by atoms with Crippen molar-refractivity contribution in [2.45, 2.75) is 58.3 Å². The summed E-state index contributed by atoms with van der Waals surface area (Å²) in [4.78, 5) is 46.3. The first-order valence-electron chi connectivity index (χ1n) is 16.3. The first kappa shape index (κ1) is 32.4. The SMILES string of the molecule is Cn1c2c(cc(Nc3ccc(C(=O)N4CCC(O)CC4)cn3)c1=O)-c1cccc(-n3ncc4cc(C(C)(C)C)cc(F)c4c3=O)c1COC2. The fourth-order valence-corrected chi connectivity index (χ4v) is 6.52. The minimum absolute atomic E-state index is 0.0422. The van der Waals surface area contributed by atoms with Gasteiger partial charge >= 0.3 is 0 Å².